The molecule has 1 aromatic rings. The van der Waals surface area contributed by atoms with Crippen LogP contribution in [-0.2, 0) is 11.2 Å². The molecule has 1 rings (SSSR count). The number of amides is 1. The summed E-state index contributed by atoms with van der Waals surface area (Å²) in [7, 11) is 1.33. The first-order valence-corrected chi connectivity index (χ1v) is 5.64. The maximum Gasteiger partial charge on any atom is 0.339 e. The summed E-state index contributed by atoms with van der Waals surface area (Å²) in [6.07, 6.45) is 0.644. The number of nitrogens with one attached hydrogen (secondary N) is 2. The van der Waals surface area contributed by atoms with E-state index < -0.39 is 5.97 Å². The predicted molar refractivity (Wildman–Crippen MR) is 64.3 cm³/mol. The second-order valence-electron chi connectivity index (χ2n) is 3.68. The molecule has 0 saturated carbocycles. The van der Waals surface area contributed by atoms with Gasteiger partial charge in [-0.15, -0.1) is 0 Å². The van der Waals surface area contributed by atoms with Crippen molar-refractivity contribution in [2.45, 2.75) is 27.2 Å². The number of esters is 1. The van der Waals surface area contributed by atoms with Gasteiger partial charge in [-0.05, 0) is 25.8 Å². The van der Waals surface area contributed by atoms with Crippen LogP contribution in [0.3, 0.4) is 0 Å². The van der Waals surface area contributed by atoms with Crippen LogP contribution in [0.1, 0.15) is 46.0 Å². The highest BCUT2D eigenvalue weighted by molar-refractivity contribution is 6.00. The van der Waals surface area contributed by atoms with Gasteiger partial charge in [0.25, 0.3) is 5.91 Å². The molecule has 0 fully saturated rings. The number of H-pyrrole nitrogens is 1. The number of rotatable bonds is 4. The normalized spacial score (nSPS) is 10.1. The first-order chi connectivity index (χ1) is 8.06. The predicted octanol–water partition coefficient (Wildman–Crippen LogP) is 1.42. The third-order valence-corrected chi connectivity index (χ3v) is 2.64. The minimum Gasteiger partial charge on any atom is -0.465 e. The quantitative estimate of drug-likeness (QED) is 0.779. The lowest BCUT2D eigenvalue weighted by atomic mass is 10.1. The Morgan fingerprint density at radius 3 is 2.47 bits per heavy atom. The van der Waals surface area contributed by atoms with E-state index in [4.69, 9.17) is 4.74 Å². The highest BCUT2D eigenvalue weighted by Crippen LogP contribution is 2.20. The summed E-state index contributed by atoms with van der Waals surface area (Å²) < 4.78 is 4.72. The second kappa shape index (κ2) is 5.52. The fraction of sp³-hybridized carbons (Fsp3) is 0.500. The van der Waals surface area contributed by atoms with Crippen LogP contribution in [0.25, 0.3) is 0 Å². The molecule has 2 N–H and O–H groups in total. The highest BCUT2D eigenvalue weighted by atomic mass is 16.5. The number of aromatic amines is 1. The van der Waals surface area contributed by atoms with Crippen molar-refractivity contribution >= 4 is 11.9 Å². The summed E-state index contributed by atoms with van der Waals surface area (Å²) >= 11 is 0. The van der Waals surface area contributed by atoms with Crippen LogP contribution in [0.5, 0.6) is 0 Å². The number of ether oxygens (including phenoxy) is 1. The Morgan fingerprint density at radius 1 is 1.35 bits per heavy atom. The van der Waals surface area contributed by atoms with Crippen LogP contribution < -0.4 is 5.32 Å². The van der Waals surface area contributed by atoms with Crippen molar-refractivity contribution in [1.29, 1.82) is 0 Å². The molecular formula is C12H18N2O3. The van der Waals surface area contributed by atoms with Gasteiger partial charge < -0.3 is 15.0 Å². The molecule has 0 aliphatic rings. The molecule has 0 saturated heterocycles. The van der Waals surface area contributed by atoms with Crippen LogP contribution in [0.2, 0.25) is 0 Å². The van der Waals surface area contributed by atoms with Crippen molar-refractivity contribution < 1.29 is 14.3 Å². The van der Waals surface area contributed by atoms with Crippen molar-refractivity contribution in [3.05, 3.63) is 22.5 Å². The maximum atomic E-state index is 11.8. The molecule has 0 aliphatic carbocycles. The van der Waals surface area contributed by atoms with E-state index in [-0.39, 0.29) is 5.91 Å². The fourth-order valence-electron chi connectivity index (χ4n) is 1.78. The molecule has 0 unspecified atom stereocenters. The van der Waals surface area contributed by atoms with Crippen molar-refractivity contribution in [1.82, 2.24) is 10.3 Å². The van der Waals surface area contributed by atoms with E-state index >= 15 is 0 Å². The van der Waals surface area contributed by atoms with Gasteiger partial charge in [0, 0.05) is 12.2 Å². The summed E-state index contributed by atoms with van der Waals surface area (Å²) in [4.78, 5) is 26.4. The lowest BCUT2D eigenvalue weighted by Gasteiger charge is -2.01. The lowest BCUT2D eigenvalue weighted by molar-refractivity contribution is 0.0599. The standard InChI is InChI=1S/C12H18N2O3/c1-5-8-9(12(16)17-4)7(3)10(14-8)11(15)13-6-2/h14H,5-6H2,1-4H3,(H,13,15). The van der Waals surface area contributed by atoms with E-state index in [1.54, 1.807) is 6.92 Å². The summed E-state index contributed by atoms with van der Waals surface area (Å²) in [5.74, 6) is -0.610. The summed E-state index contributed by atoms with van der Waals surface area (Å²) in [5.41, 5.74) is 2.27. The number of methoxy groups -OCH3 is 1. The molecule has 0 atom stereocenters. The van der Waals surface area contributed by atoms with E-state index in [0.29, 0.717) is 29.8 Å². The van der Waals surface area contributed by atoms with E-state index in [1.807, 2.05) is 13.8 Å². The molecule has 0 spiro atoms. The van der Waals surface area contributed by atoms with Crippen LogP contribution >= 0.6 is 0 Å². The summed E-state index contributed by atoms with van der Waals surface area (Å²) in [6.45, 7) is 6.05. The van der Waals surface area contributed by atoms with Crippen molar-refractivity contribution in [2.24, 2.45) is 0 Å². The maximum absolute atomic E-state index is 11.8. The monoisotopic (exact) mass is 238 g/mol. The zero-order chi connectivity index (χ0) is 13.0. The Labute approximate surface area is 101 Å². The van der Waals surface area contributed by atoms with Gasteiger partial charge in [-0.3, -0.25) is 4.79 Å². The molecule has 1 heterocycles. The SMILES string of the molecule is CCNC(=O)c1[nH]c(CC)c(C(=O)OC)c1C. The lowest BCUT2D eigenvalue weighted by Crippen LogP contribution is -2.23. The van der Waals surface area contributed by atoms with Gasteiger partial charge in [-0.1, -0.05) is 6.92 Å². The molecule has 0 aromatic carbocycles. The van der Waals surface area contributed by atoms with Crippen molar-refractivity contribution in [3.63, 3.8) is 0 Å². The molecule has 94 valence electrons. The van der Waals surface area contributed by atoms with E-state index in [9.17, 15) is 9.59 Å². The van der Waals surface area contributed by atoms with E-state index in [0.717, 1.165) is 5.69 Å². The Bertz CT molecular complexity index is 435. The molecule has 0 bridgehead atoms. The van der Waals surface area contributed by atoms with Gasteiger partial charge in [0.2, 0.25) is 0 Å². The largest absolute Gasteiger partial charge is 0.465 e. The Hall–Kier alpha value is -1.78. The Morgan fingerprint density at radius 2 is 2.00 bits per heavy atom. The van der Waals surface area contributed by atoms with Crippen LogP contribution in [-0.4, -0.2) is 30.5 Å². The molecule has 1 amide bonds. The molecule has 5 nitrogen and oxygen atoms in total. The second-order valence-corrected chi connectivity index (χ2v) is 3.68. The molecule has 5 heteroatoms. The van der Waals surface area contributed by atoms with Gasteiger partial charge >= 0.3 is 5.97 Å². The average Bonchev–Trinajstić information content (AvgIpc) is 2.65. The zero-order valence-electron chi connectivity index (χ0n) is 10.6. The van der Waals surface area contributed by atoms with Gasteiger partial charge in [-0.2, -0.15) is 0 Å². The first kappa shape index (κ1) is 13.3. The highest BCUT2D eigenvalue weighted by Gasteiger charge is 2.23. The molecule has 1 aromatic heterocycles. The van der Waals surface area contributed by atoms with E-state index in [1.165, 1.54) is 7.11 Å². The molecular weight excluding hydrogens is 220 g/mol. The van der Waals surface area contributed by atoms with E-state index in [2.05, 4.69) is 10.3 Å². The summed E-state index contributed by atoms with van der Waals surface area (Å²) in [6, 6.07) is 0. The van der Waals surface area contributed by atoms with Crippen molar-refractivity contribution in [2.75, 3.05) is 13.7 Å². The van der Waals surface area contributed by atoms with Crippen LogP contribution in [0, 0.1) is 6.92 Å². The minimum absolute atomic E-state index is 0.199. The number of aryl methyl sites for hydroxylation is 1. The average molecular weight is 238 g/mol. The van der Waals surface area contributed by atoms with Crippen LogP contribution in [0.4, 0.5) is 0 Å². The number of carbonyl (C=O) groups is 2. The number of aromatic nitrogens is 1. The van der Waals surface area contributed by atoms with Gasteiger partial charge in [-0.25, -0.2) is 4.79 Å². The van der Waals surface area contributed by atoms with Crippen molar-refractivity contribution in [3.8, 4) is 0 Å². The Balaban J connectivity index is 3.23. The third kappa shape index (κ3) is 2.49. The zero-order valence-corrected chi connectivity index (χ0v) is 10.6. The van der Waals surface area contributed by atoms with Gasteiger partial charge in [0.1, 0.15) is 5.69 Å². The topological polar surface area (TPSA) is 71.2 Å². The van der Waals surface area contributed by atoms with Gasteiger partial charge in [0.05, 0.1) is 12.7 Å². The molecule has 0 aliphatic heterocycles. The Kier molecular flexibility index (Phi) is 4.31. The minimum atomic E-state index is -0.411. The first-order valence-electron chi connectivity index (χ1n) is 5.64. The number of carbonyl (C=O) groups excluding carboxylic acids is 2. The number of hydrogen-bond acceptors (Lipinski definition) is 3. The smallest absolute Gasteiger partial charge is 0.339 e. The third-order valence-electron chi connectivity index (χ3n) is 2.64. The molecule has 17 heavy (non-hydrogen) atoms. The number of hydrogen-bond donors (Lipinski definition) is 2. The summed E-state index contributed by atoms with van der Waals surface area (Å²) in [5, 5.41) is 2.70. The fourth-order valence-corrected chi connectivity index (χ4v) is 1.78. The van der Waals surface area contributed by atoms with Gasteiger partial charge in [0.15, 0.2) is 0 Å². The molecule has 0 radical (unpaired) electrons. The van der Waals surface area contributed by atoms with Crippen LogP contribution in [0.15, 0.2) is 0 Å².